The minimum Gasteiger partial charge on any atom is -0.258 e. The molecule has 0 aliphatic rings. The van der Waals surface area contributed by atoms with E-state index in [4.69, 9.17) is 16.5 Å². The van der Waals surface area contributed by atoms with Crippen LogP contribution in [0.5, 0.6) is 0 Å². The monoisotopic (exact) mass is 285 g/mol. The van der Waals surface area contributed by atoms with Gasteiger partial charge in [-0.1, -0.05) is 12.1 Å². The second-order valence-corrected chi connectivity index (χ2v) is 4.17. The van der Waals surface area contributed by atoms with Crippen molar-refractivity contribution in [2.24, 2.45) is 0 Å². The first-order chi connectivity index (χ1) is 8.66. The molecule has 0 saturated heterocycles. The normalized spacial score (nSPS) is 10.2. The quantitative estimate of drug-likeness (QED) is 0.375. The predicted molar refractivity (Wildman–Crippen MR) is 66.8 cm³/mol. The smallest absolute Gasteiger partial charge is 0.258 e. The van der Waals surface area contributed by atoms with E-state index in [9.17, 15) is 10.1 Å². The van der Waals surface area contributed by atoms with Crippen molar-refractivity contribution in [3.05, 3.63) is 45.5 Å². The van der Waals surface area contributed by atoms with Gasteiger partial charge in [-0.2, -0.15) is 14.7 Å². The lowest BCUT2D eigenvalue weighted by Gasteiger charge is -2.04. The Morgan fingerprint density at radius 3 is 3.00 bits per heavy atom. The molecule has 2 rings (SSSR count). The van der Waals surface area contributed by atoms with Gasteiger partial charge < -0.3 is 0 Å². The summed E-state index contributed by atoms with van der Waals surface area (Å²) >= 11 is 5.58. The van der Waals surface area contributed by atoms with Gasteiger partial charge in [0.15, 0.2) is 0 Å². The number of para-hydroxylation sites is 1. The van der Waals surface area contributed by atoms with Gasteiger partial charge in [-0.25, -0.2) is 4.98 Å². The van der Waals surface area contributed by atoms with Crippen LogP contribution in [-0.2, 0) is 4.28 Å². The van der Waals surface area contributed by atoms with Crippen molar-refractivity contribution in [2.45, 2.75) is 4.90 Å². The fraction of sp³-hybridized carbons (Fsp3) is 0. The maximum Gasteiger partial charge on any atom is 0.285 e. The van der Waals surface area contributed by atoms with Crippen LogP contribution in [0.2, 0.25) is 0 Å². The number of aromatic nitrogens is 3. The summed E-state index contributed by atoms with van der Waals surface area (Å²) in [6, 6.07) is 6.25. The van der Waals surface area contributed by atoms with Crippen molar-refractivity contribution in [3.8, 4) is 0 Å². The van der Waals surface area contributed by atoms with Crippen LogP contribution in [0.3, 0.4) is 0 Å². The van der Waals surface area contributed by atoms with Gasteiger partial charge in [0.25, 0.3) is 5.69 Å². The van der Waals surface area contributed by atoms with Gasteiger partial charge in [0.05, 0.1) is 17.0 Å². The molecule has 10 heteroatoms. The van der Waals surface area contributed by atoms with Gasteiger partial charge in [0, 0.05) is 6.07 Å². The lowest BCUT2D eigenvalue weighted by molar-refractivity contribution is -0.387. The summed E-state index contributed by atoms with van der Waals surface area (Å²) in [5.41, 5.74) is 2.43. The van der Waals surface area contributed by atoms with Crippen molar-refractivity contribution in [2.75, 3.05) is 5.59 Å². The highest BCUT2D eigenvalue weighted by Gasteiger charge is 2.13. The molecule has 1 heterocycles. The summed E-state index contributed by atoms with van der Waals surface area (Å²) in [7, 11) is 0. The summed E-state index contributed by atoms with van der Waals surface area (Å²) in [5, 5.41) is 13.4. The highest BCUT2D eigenvalue weighted by Crippen LogP contribution is 2.28. The Morgan fingerprint density at radius 2 is 2.33 bits per heavy atom. The third-order valence-electron chi connectivity index (χ3n) is 1.84. The van der Waals surface area contributed by atoms with Gasteiger partial charge in [-0.15, -0.1) is 0 Å². The SMILES string of the molecule is O=[N+]([O-])c1ccccc1SONn1cnc(=S)[nH]1. The number of nitrogens with zero attached hydrogens (tertiary/aromatic N) is 3. The van der Waals surface area contributed by atoms with Gasteiger partial charge in [-0.3, -0.25) is 15.2 Å². The van der Waals surface area contributed by atoms with Crippen LogP contribution < -0.4 is 5.59 Å². The molecule has 2 N–H and O–H groups in total. The van der Waals surface area contributed by atoms with E-state index in [2.05, 4.69) is 15.7 Å². The summed E-state index contributed by atoms with van der Waals surface area (Å²) in [6.07, 6.45) is 1.38. The van der Waals surface area contributed by atoms with Crippen LogP contribution in [0, 0.1) is 14.9 Å². The second-order valence-electron chi connectivity index (χ2n) is 3.01. The lowest BCUT2D eigenvalue weighted by atomic mass is 10.3. The molecule has 0 bridgehead atoms. The van der Waals surface area contributed by atoms with Crippen LogP contribution >= 0.6 is 24.3 Å². The fourth-order valence-electron chi connectivity index (χ4n) is 1.10. The van der Waals surface area contributed by atoms with Gasteiger partial charge in [0.2, 0.25) is 4.77 Å². The van der Waals surface area contributed by atoms with Crippen LogP contribution in [-0.4, -0.2) is 19.8 Å². The second kappa shape index (κ2) is 5.62. The molecule has 0 aliphatic heterocycles. The number of aromatic amines is 1. The van der Waals surface area contributed by atoms with E-state index >= 15 is 0 Å². The van der Waals surface area contributed by atoms with Crippen LogP contribution in [0.25, 0.3) is 0 Å². The van der Waals surface area contributed by atoms with E-state index in [1.165, 1.54) is 17.2 Å². The molecule has 94 valence electrons. The van der Waals surface area contributed by atoms with Gasteiger partial charge >= 0.3 is 0 Å². The standard InChI is InChI=1S/C8H7N5O3S2/c14-13(15)6-3-1-2-4-7(6)18-16-11-12-5-9-8(17)10-12/h1-5,11H,(H,10,17). The highest BCUT2D eigenvalue weighted by atomic mass is 32.2. The molecule has 0 atom stereocenters. The Morgan fingerprint density at radius 1 is 1.56 bits per heavy atom. The van der Waals surface area contributed by atoms with Crippen LogP contribution in [0.4, 0.5) is 5.69 Å². The molecule has 0 radical (unpaired) electrons. The molecule has 0 amide bonds. The van der Waals surface area contributed by atoms with E-state index in [-0.39, 0.29) is 5.69 Å². The maximum atomic E-state index is 10.7. The number of benzene rings is 1. The number of nitro groups is 1. The van der Waals surface area contributed by atoms with E-state index < -0.39 is 4.92 Å². The third kappa shape index (κ3) is 3.06. The minimum absolute atomic E-state index is 0.0251. The number of H-pyrrole nitrogens is 1. The largest absolute Gasteiger partial charge is 0.285 e. The van der Waals surface area contributed by atoms with Crippen molar-refractivity contribution in [3.63, 3.8) is 0 Å². The van der Waals surface area contributed by atoms with Crippen molar-refractivity contribution < 1.29 is 9.21 Å². The third-order valence-corrected chi connectivity index (χ3v) is 2.71. The van der Waals surface area contributed by atoms with Crippen LogP contribution in [0.15, 0.2) is 35.5 Å². The first-order valence-electron chi connectivity index (χ1n) is 4.63. The minimum atomic E-state index is -0.476. The zero-order valence-electron chi connectivity index (χ0n) is 8.77. The first-order valence-corrected chi connectivity index (χ1v) is 5.78. The zero-order valence-corrected chi connectivity index (χ0v) is 10.4. The van der Waals surface area contributed by atoms with Crippen molar-refractivity contribution in [1.82, 2.24) is 14.9 Å². The van der Waals surface area contributed by atoms with E-state index in [1.807, 2.05) is 0 Å². The molecule has 0 unspecified atom stereocenters. The Bertz CT molecular complexity index is 611. The first kappa shape index (κ1) is 12.5. The molecular weight excluding hydrogens is 278 g/mol. The molecule has 1 aromatic heterocycles. The number of rotatable bonds is 5. The Labute approximate surface area is 110 Å². The van der Waals surface area contributed by atoms with Gasteiger partial charge in [0.1, 0.15) is 11.2 Å². The average Bonchev–Trinajstić information content (AvgIpc) is 2.75. The topological polar surface area (TPSA) is 98.0 Å². The Kier molecular flexibility index (Phi) is 3.92. The average molecular weight is 285 g/mol. The molecule has 8 nitrogen and oxygen atoms in total. The lowest BCUT2D eigenvalue weighted by Crippen LogP contribution is -2.12. The number of nitrogens with one attached hydrogen (secondary N) is 2. The molecule has 0 fully saturated rings. The Balaban J connectivity index is 1.98. The van der Waals surface area contributed by atoms with E-state index in [0.717, 1.165) is 12.0 Å². The molecule has 18 heavy (non-hydrogen) atoms. The molecule has 0 saturated carbocycles. The van der Waals surface area contributed by atoms with Crippen molar-refractivity contribution in [1.29, 1.82) is 0 Å². The molecular formula is C8H7N5O3S2. The van der Waals surface area contributed by atoms with Crippen molar-refractivity contribution >= 4 is 29.9 Å². The number of nitro benzene ring substituents is 1. The molecule has 0 spiro atoms. The van der Waals surface area contributed by atoms with E-state index in [0.29, 0.717) is 9.67 Å². The maximum absolute atomic E-state index is 10.7. The van der Waals surface area contributed by atoms with Gasteiger partial charge in [-0.05, 0) is 18.3 Å². The summed E-state index contributed by atoms with van der Waals surface area (Å²) < 4.78 is 5.31. The number of hydrogen-bond acceptors (Lipinski definition) is 7. The zero-order chi connectivity index (χ0) is 13.0. The Hall–Kier alpha value is -1.91. The number of hydrogen-bond donors (Lipinski definition) is 2. The predicted octanol–water partition coefficient (Wildman–Crippen LogP) is 2.03. The summed E-state index contributed by atoms with van der Waals surface area (Å²) in [5.74, 6) is 0. The van der Waals surface area contributed by atoms with Crippen LogP contribution in [0.1, 0.15) is 0 Å². The summed E-state index contributed by atoms with van der Waals surface area (Å²) in [4.78, 5) is 15.7. The molecule has 1 aromatic carbocycles. The molecule has 0 aliphatic carbocycles. The summed E-state index contributed by atoms with van der Waals surface area (Å²) in [6.45, 7) is 0. The van der Waals surface area contributed by atoms with E-state index in [1.54, 1.807) is 18.2 Å². The highest BCUT2D eigenvalue weighted by molar-refractivity contribution is 7.94. The fourth-order valence-corrected chi connectivity index (χ4v) is 1.81. The molecule has 2 aromatic rings.